The Morgan fingerprint density at radius 3 is 2.67 bits per heavy atom. The fourth-order valence-electron chi connectivity index (χ4n) is 0.757. The van der Waals surface area contributed by atoms with Gasteiger partial charge in [-0.25, -0.2) is 8.49 Å². The summed E-state index contributed by atoms with van der Waals surface area (Å²) in [7, 11) is 0. The third kappa shape index (κ3) is 3.59. The number of hydrogen-bond donors (Lipinski definition) is 1. The number of nitrogens with one attached hydrogen (secondary N) is 1. The molecule has 0 bridgehead atoms. The smallest absolute Gasteiger partial charge is 0.105 e. The monoisotopic (exact) mass is 186 g/mol. The zero-order valence-electron chi connectivity index (χ0n) is 6.23. The molecule has 0 spiro atoms. The lowest BCUT2D eigenvalue weighted by molar-refractivity contribution is 0.190. The summed E-state index contributed by atoms with van der Waals surface area (Å²) in [5.74, 6) is 0. The molecule has 1 N–H and O–H groups in total. The lowest BCUT2D eigenvalue weighted by Crippen LogP contribution is -2.15. The maximum absolute atomic E-state index is 9.90. The van der Waals surface area contributed by atoms with Crippen LogP contribution >= 0.6 is 0 Å². The normalized spacial score (nSPS) is 12.8. The summed E-state index contributed by atoms with van der Waals surface area (Å²) in [5.41, 5.74) is 3.25. The van der Waals surface area contributed by atoms with Gasteiger partial charge in [-0.2, -0.15) is 5.48 Å². The molecule has 0 amide bonds. The molecule has 0 fully saturated rings. The molecule has 1 aromatic carbocycles. The number of hydroxylamine groups is 1. The van der Waals surface area contributed by atoms with Crippen LogP contribution in [0.15, 0.2) is 30.3 Å². The topological polar surface area (TPSA) is 61.4 Å². The molecular formula is C7H8NO3S-. The van der Waals surface area contributed by atoms with E-state index in [4.69, 9.17) is 0 Å². The zero-order valence-corrected chi connectivity index (χ0v) is 7.04. The first-order valence-electron chi connectivity index (χ1n) is 3.32. The fourth-order valence-corrected chi connectivity index (χ4v) is 0.912. The second-order valence-electron chi connectivity index (χ2n) is 2.09. The second kappa shape index (κ2) is 5.00. The third-order valence-corrected chi connectivity index (χ3v) is 1.50. The lowest BCUT2D eigenvalue weighted by Gasteiger charge is -2.05. The van der Waals surface area contributed by atoms with Crippen molar-refractivity contribution >= 4 is 11.4 Å². The molecular weight excluding hydrogens is 178 g/mol. The first-order valence-corrected chi connectivity index (χ1v) is 4.32. The maximum atomic E-state index is 9.90. The molecule has 0 aromatic heterocycles. The van der Waals surface area contributed by atoms with Crippen LogP contribution in [0.5, 0.6) is 0 Å². The van der Waals surface area contributed by atoms with Crippen LogP contribution in [0.25, 0.3) is 0 Å². The molecule has 0 saturated heterocycles. The van der Waals surface area contributed by atoms with E-state index in [1.165, 1.54) is 0 Å². The number of benzene rings is 1. The van der Waals surface area contributed by atoms with Gasteiger partial charge in [-0.3, -0.25) is 0 Å². The van der Waals surface area contributed by atoms with E-state index in [9.17, 15) is 8.76 Å². The average Bonchev–Trinajstić information content (AvgIpc) is 2.05. The summed E-state index contributed by atoms with van der Waals surface area (Å²) in [6, 6.07) is 9.35. The Balaban J connectivity index is 2.29. The second-order valence-corrected chi connectivity index (χ2v) is 2.67. The molecule has 0 aliphatic heterocycles. The molecule has 0 aliphatic rings. The van der Waals surface area contributed by atoms with Crippen molar-refractivity contribution in [1.29, 1.82) is 0 Å². The highest BCUT2D eigenvalue weighted by molar-refractivity contribution is 7.74. The van der Waals surface area contributed by atoms with Gasteiger partial charge in [0, 0.05) is 6.54 Å². The highest BCUT2D eigenvalue weighted by Gasteiger charge is 1.89. The average molecular weight is 186 g/mol. The molecule has 4 nitrogen and oxygen atoms in total. The van der Waals surface area contributed by atoms with E-state index >= 15 is 0 Å². The van der Waals surface area contributed by atoms with Crippen molar-refractivity contribution in [2.24, 2.45) is 0 Å². The summed E-state index contributed by atoms with van der Waals surface area (Å²) < 4.78 is 23.9. The van der Waals surface area contributed by atoms with E-state index in [0.29, 0.717) is 6.54 Å². The maximum Gasteiger partial charge on any atom is 0.105 e. The van der Waals surface area contributed by atoms with Gasteiger partial charge in [0.05, 0.1) is 0 Å². The molecule has 1 unspecified atom stereocenters. The Labute approximate surface area is 73.0 Å². The quantitative estimate of drug-likeness (QED) is 0.549. The Morgan fingerprint density at radius 1 is 1.42 bits per heavy atom. The summed E-state index contributed by atoms with van der Waals surface area (Å²) in [6.45, 7) is 0.370. The summed E-state index contributed by atoms with van der Waals surface area (Å²) in [4.78, 5) is 0. The van der Waals surface area contributed by atoms with Gasteiger partial charge in [-0.15, -0.1) is 0 Å². The fraction of sp³-hybridized carbons (Fsp3) is 0.143. The standard InChI is InChI=1S/C7H9NO3S/c9-12(10)11-8-6-7-4-2-1-3-5-7/h1-5,8H,6H2,(H,9,10)/p-1. The first kappa shape index (κ1) is 9.34. The molecule has 12 heavy (non-hydrogen) atoms. The van der Waals surface area contributed by atoms with Crippen LogP contribution in [0.2, 0.25) is 0 Å². The summed E-state index contributed by atoms with van der Waals surface area (Å²) in [5, 5.41) is 0. The third-order valence-electron chi connectivity index (χ3n) is 1.25. The van der Waals surface area contributed by atoms with Crippen LogP contribution in [0.1, 0.15) is 5.56 Å². The molecule has 0 aliphatic carbocycles. The van der Waals surface area contributed by atoms with E-state index in [1.54, 1.807) is 0 Å². The van der Waals surface area contributed by atoms with Crippen LogP contribution in [0.3, 0.4) is 0 Å². The van der Waals surface area contributed by atoms with Gasteiger partial charge in [0.15, 0.2) is 0 Å². The van der Waals surface area contributed by atoms with Crippen molar-refractivity contribution in [3.8, 4) is 0 Å². The molecule has 5 heteroatoms. The molecule has 0 heterocycles. The van der Waals surface area contributed by atoms with Crippen molar-refractivity contribution in [3.63, 3.8) is 0 Å². The van der Waals surface area contributed by atoms with Gasteiger partial charge in [0.2, 0.25) is 0 Å². The van der Waals surface area contributed by atoms with Crippen LogP contribution in [-0.2, 0) is 22.2 Å². The Hall–Kier alpha value is -0.750. The molecule has 1 atom stereocenters. The van der Waals surface area contributed by atoms with Crippen molar-refractivity contribution < 1.29 is 13.0 Å². The van der Waals surface area contributed by atoms with Crippen LogP contribution in [-0.4, -0.2) is 8.76 Å². The van der Waals surface area contributed by atoms with Gasteiger partial charge in [0.25, 0.3) is 0 Å². The van der Waals surface area contributed by atoms with Gasteiger partial charge in [-0.05, 0) is 5.56 Å². The first-order chi connectivity index (χ1) is 5.79. The number of rotatable bonds is 4. The minimum atomic E-state index is -2.50. The van der Waals surface area contributed by atoms with E-state index in [2.05, 4.69) is 9.76 Å². The molecule has 1 aromatic rings. The largest absolute Gasteiger partial charge is 0.748 e. The van der Waals surface area contributed by atoms with Gasteiger partial charge < -0.3 is 4.55 Å². The predicted molar refractivity (Wildman–Crippen MR) is 43.3 cm³/mol. The Bertz CT molecular complexity index is 252. The summed E-state index contributed by atoms with van der Waals surface area (Å²) in [6.07, 6.45) is 0. The van der Waals surface area contributed by atoms with Gasteiger partial charge in [0.1, 0.15) is 11.4 Å². The SMILES string of the molecule is O=S([O-])ONCc1ccccc1. The van der Waals surface area contributed by atoms with E-state index < -0.39 is 11.4 Å². The zero-order chi connectivity index (χ0) is 8.81. The van der Waals surface area contributed by atoms with Crippen molar-refractivity contribution in [1.82, 2.24) is 5.48 Å². The Kier molecular flexibility index (Phi) is 3.89. The minimum absolute atomic E-state index is 0.370. The predicted octanol–water partition coefficient (Wildman–Crippen LogP) is 0.502. The molecule has 0 radical (unpaired) electrons. The van der Waals surface area contributed by atoms with E-state index in [0.717, 1.165) is 5.56 Å². The molecule has 0 saturated carbocycles. The van der Waals surface area contributed by atoms with Gasteiger partial charge in [-0.1, -0.05) is 30.3 Å². The van der Waals surface area contributed by atoms with Crippen LogP contribution in [0, 0.1) is 0 Å². The molecule has 66 valence electrons. The van der Waals surface area contributed by atoms with Crippen LogP contribution in [0.4, 0.5) is 0 Å². The van der Waals surface area contributed by atoms with E-state index in [-0.39, 0.29) is 0 Å². The minimum Gasteiger partial charge on any atom is -0.748 e. The summed E-state index contributed by atoms with van der Waals surface area (Å²) >= 11 is -2.50. The van der Waals surface area contributed by atoms with E-state index in [1.807, 2.05) is 30.3 Å². The Morgan fingerprint density at radius 2 is 2.08 bits per heavy atom. The van der Waals surface area contributed by atoms with Crippen LogP contribution < -0.4 is 5.48 Å². The lowest BCUT2D eigenvalue weighted by atomic mass is 10.2. The van der Waals surface area contributed by atoms with Crippen molar-refractivity contribution in [3.05, 3.63) is 35.9 Å². The highest BCUT2D eigenvalue weighted by Crippen LogP contribution is 1.96. The van der Waals surface area contributed by atoms with Crippen molar-refractivity contribution in [2.45, 2.75) is 6.54 Å². The highest BCUT2D eigenvalue weighted by atomic mass is 32.2. The molecule has 1 rings (SSSR count). The van der Waals surface area contributed by atoms with Crippen molar-refractivity contribution in [2.75, 3.05) is 0 Å². The number of hydrogen-bond acceptors (Lipinski definition) is 4. The van der Waals surface area contributed by atoms with Gasteiger partial charge >= 0.3 is 0 Å².